The lowest BCUT2D eigenvalue weighted by Crippen LogP contribution is -2.11. The van der Waals surface area contributed by atoms with Crippen LogP contribution < -0.4 is 4.74 Å². The third-order valence-electron chi connectivity index (χ3n) is 3.07. The molecule has 0 N–H and O–H groups in total. The van der Waals surface area contributed by atoms with E-state index in [2.05, 4.69) is 0 Å². The number of benzene rings is 1. The third-order valence-corrected chi connectivity index (χ3v) is 3.87. The van der Waals surface area contributed by atoms with E-state index in [9.17, 15) is 4.79 Å². The lowest BCUT2D eigenvalue weighted by atomic mass is 10.0. The Morgan fingerprint density at radius 1 is 1.35 bits per heavy atom. The van der Waals surface area contributed by atoms with Crippen LogP contribution in [-0.2, 0) is 4.79 Å². The van der Waals surface area contributed by atoms with Crippen molar-refractivity contribution in [1.29, 1.82) is 0 Å². The molecule has 1 aliphatic carbocycles. The highest BCUT2D eigenvalue weighted by molar-refractivity contribution is 6.42. The maximum atomic E-state index is 11.4. The van der Waals surface area contributed by atoms with Gasteiger partial charge in [0.1, 0.15) is 16.6 Å². The summed E-state index contributed by atoms with van der Waals surface area (Å²) in [6.45, 7) is 0.510. The van der Waals surface area contributed by atoms with E-state index in [-0.39, 0.29) is 5.92 Å². The van der Waals surface area contributed by atoms with Crippen LogP contribution in [0.25, 0.3) is 0 Å². The summed E-state index contributed by atoms with van der Waals surface area (Å²) in [4.78, 5) is 11.4. The van der Waals surface area contributed by atoms with Gasteiger partial charge in [0.05, 0.1) is 11.6 Å². The minimum absolute atomic E-state index is 0.174. The summed E-state index contributed by atoms with van der Waals surface area (Å²) in [6.07, 6.45) is 3.50. The number of halogens is 2. The lowest BCUT2D eigenvalue weighted by Gasteiger charge is -2.11. The Morgan fingerprint density at radius 3 is 2.88 bits per heavy atom. The molecule has 0 saturated heterocycles. The number of rotatable bonds is 4. The molecule has 1 aromatic rings. The molecule has 0 bridgehead atoms. The van der Waals surface area contributed by atoms with Gasteiger partial charge in [0.25, 0.3) is 0 Å². The van der Waals surface area contributed by atoms with Gasteiger partial charge in [-0.25, -0.2) is 0 Å². The maximum Gasteiger partial charge on any atom is 0.139 e. The first-order valence-corrected chi connectivity index (χ1v) is 6.53. The van der Waals surface area contributed by atoms with E-state index < -0.39 is 0 Å². The van der Waals surface area contributed by atoms with E-state index in [0.717, 1.165) is 25.7 Å². The van der Waals surface area contributed by atoms with Gasteiger partial charge in [-0.05, 0) is 31.4 Å². The standard InChI is InChI=1S/C13H14Cl2O2/c14-10-4-2-6-12(13(10)15)17-8-7-9-3-1-5-11(9)16/h2,4,6,9H,1,3,5,7-8H2. The maximum absolute atomic E-state index is 11.4. The fraction of sp³-hybridized carbons (Fsp3) is 0.462. The molecule has 2 nitrogen and oxygen atoms in total. The first kappa shape index (κ1) is 12.7. The highest BCUT2D eigenvalue weighted by atomic mass is 35.5. The van der Waals surface area contributed by atoms with Crippen LogP contribution in [-0.4, -0.2) is 12.4 Å². The van der Waals surface area contributed by atoms with Crippen LogP contribution in [0.15, 0.2) is 18.2 Å². The summed E-state index contributed by atoms with van der Waals surface area (Å²) in [5.74, 6) is 1.13. The number of carbonyl (C=O) groups is 1. The number of hydrogen-bond donors (Lipinski definition) is 0. The molecular formula is C13H14Cl2O2. The number of ether oxygens (including phenoxy) is 1. The molecule has 0 heterocycles. The second-order valence-corrected chi connectivity index (χ2v) is 5.03. The molecular weight excluding hydrogens is 259 g/mol. The van der Waals surface area contributed by atoms with Crippen molar-refractivity contribution in [3.8, 4) is 5.75 Å². The smallest absolute Gasteiger partial charge is 0.139 e. The highest BCUT2D eigenvalue weighted by Crippen LogP contribution is 2.32. The summed E-state index contributed by atoms with van der Waals surface area (Å²) < 4.78 is 5.56. The Balaban J connectivity index is 1.86. The van der Waals surface area contributed by atoms with Gasteiger partial charge in [0.15, 0.2) is 0 Å². The molecule has 4 heteroatoms. The zero-order chi connectivity index (χ0) is 12.3. The molecule has 0 spiro atoms. The normalized spacial score (nSPS) is 19.6. The first-order chi connectivity index (χ1) is 8.18. The van der Waals surface area contributed by atoms with Crippen molar-refractivity contribution in [1.82, 2.24) is 0 Å². The van der Waals surface area contributed by atoms with Gasteiger partial charge >= 0.3 is 0 Å². The predicted octanol–water partition coefficient (Wildman–Crippen LogP) is 4.13. The number of carbonyl (C=O) groups excluding carboxylic acids is 1. The van der Waals surface area contributed by atoms with Crippen LogP contribution in [0.1, 0.15) is 25.7 Å². The Kier molecular flexibility index (Phi) is 4.30. The first-order valence-electron chi connectivity index (χ1n) is 5.78. The van der Waals surface area contributed by atoms with Crippen molar-refractivity contribution >= 4 is 29.0 Å². The molecule has 92 valence electrons. The fourth-order valence-corrected chi connectivity index (χ4v) is 2.45. The van der Waals surface area contributed by atoms with Crippen molar-refractivity contribution in [2.45, 2.75) is 25.7 Å². The van der Waals surface area contributed by atoms with E-state index in [1.54, 1.807) is 18.2 Å². The van der Waals surface area contributed by atoms with Crippen LogP contribution in [0.4, 0.5) is 0 Å². The molecule has 1 unspecified atom stereocenters. The largest absolute Gasteiger partial charge is 0.492 e. The monoisotopic (exact) mass is 272 g/mol. The molecule has 0 aliphatic heterocycles. The molecule has 1 aliphatic rings. The van der Waals surface area contributed by atoms with Crippen LogP contribution in [0.2, 0.25) is 10.0 Å². The fourth-order valence-electron chi connectivity index (χ4n) is 2.10. The Bertz CT molecular complexity index is 418. The summed E-state index contributed by atoms with van der Waals surface area (Å²) in [6, 6.07) is 5.30. The van der Waals surface area contributed by atoms with Crippen molar-refractivity contribution < 1.29 is 9.53 Å². The van der Waals surface area contributed by atoms with Crippen LogP contribution in [0.5, 0.6) is 5.75 Å². The van der Waals surface area contributed by atoms with Gasteiger partial charge < -0.3 is 4.74 Å². The van der Waals surface area contributed by atoms with E-state index in [0.29, 0.717) is 28.2 Å². The summed E-state index contributed by atoms with van der Waals surface area (Å²) >= 11 is 11.9. The van der Waals surface area contributed by atoms with Crippen LogP contribution >= 0.6 is 23.2 Å². The minimum atomic E-state index is 0.174. The topological polar surface area (TPSA) is 26.3 Å². The predicted molar refractivity (Wildman–Crippen MR) is 68.9 cm³/mol. The van der Waals surface area contributed by atoms with Crippen molar-refractivity contribution in [3.05, 3.63) is 28.2 Å². The number of ketones is 1. The van der Waals surface area contributed by atoms with Gasteiger partial charge in [-0.15, -0.1) is 0 Å². The van der Waals surface area contributed by atoms with E-state index in [4.69, 9.17) is 27.9 Å². The second kappa shape index (κ2) is 5.74. The molecule has 1 fully saturated rings. The summed E-state index contributed by atoms with van der Waals surface area (Å²) in [7, 11) is 0. The molecule has 1 saturated carbocycles. The van der Waals surface area contributed by atoms with Gasteiger partial charge in [0.2, 0.25) is 0 Å². The average Bonchev–Trinajstić information content (AvgIpc) is 2.71. The molecule has 2 rings (SSSR count). The molecule has 0 amide bonds. The van der Waals surface area contributed by atoms with E-state index in [1.807, 2.05) is 0 Å². The van der Waals surface area contributed by atoms with Crippen molar-refractivity contribution in [2.24, 2.45) is 5.92 Å². The average molecular weight is 273 g/mol. The summed E-state index contributed by atoms with van der Waals surface area (Å²) in [5.41, 5.74) is 0. The molecule has 17 heavy (non-hydrogen) atoms. The van der Waals surface area contributed by atoms with E-state index in [1.165, 1.54) is 0 Å². The SMILES string of the molecule is O=C1CCCC1CCOc1cccc(Cl)c1Cl. The van der Waals surface area contributed by atoms with Gasteiger partial charge in [-0.2, -0.15) is 0 Å². The molecule has 0 aromatic heterocycles. The Hall–Kier alpha value is -0.730. The van der Waals surface area contributed by atoms with Gasteiger partial charge in [0, 0.05) is 12.3 Å². The van der Waals surface area contributed by atoms with E-state index >= 15 is 0 Å². The second-order valence-electron chi connectivity index (χ2n) is 4.24. The molecule has 1 aromatic carbocycles. The highest BCUT2D eigenvalue weighted by Gasteiger charge is 2.23. The van der Waals surface area contributed by atoms with Gasteiger partial charge in [-0.3, -0.25) is 4.79 Å². The van der Waals surface area contributed by atoms with Crippen molar-refractivity contribution in [2.75, 3.05) is 6.61 Å². The van der Waals surface area contributed by atoms with Crippen molar-refractivity contribution in [3.63, 3.8) is 0 Å². The lowest BCUT2D eigenvalue weighted by molar-refractivity contribution is -0.121. The minimum Gasteiger partial charge on any atom is -0.492 e. The quantitative estimate of drug-likeness (QED) is 0.824. The molecule has 0 radical (unpaired) electrons. The van der Waals surface area contributed by atoms with Crippen LogP contribution in [0.3, 0.4) is 0 Å². The third kappa shape index (κ3) is 3.14. The van der Waals surface area contributed by atoms with Gasteiger partial charge in [-0.1, -0.05) is 29.3 Å². The summed E-state index contributed by atoms with van der Waals surface area (Å²) in [5, 5.41) is 0.924. The number of Topliss-reactive ketones (excluding diaryl/α,β-unsaturated/α-hetero) is 1. The Morgan fingerprint density at radius 2 is 2.18 bits per heavy atom. The Labute approximate surface area is 111 Å². The van der Waals surface area contributed by atoms with Crippen LogP contribution in [0, 0.1) is 5.92 Å². The molecule has 1 atom stereocenters. The zero-order valence-electron chi connectivity index (χ0n) is 9.42. The number of hydrogen-bond acceptors (Lipinski definition) is 2. The zero-order valence-corrected chi connectivity index (χ0v) is 10.9.